The summed E-state index contributed by atoms with van der Waals surface area (Å²) < 4.78 is 5.05. The van der Waals surface area contributed by atoms with Crippen molar-refractivity contribution in [2.45, 2.75) is 6.42 Å². The van der Waals surface area contributed by atoms with Crippen LogP contribution in [0.25, 0.3) is 0 Å². The fraction of sp³-hybridized carbons (Fsp3) is 0.130. The van der Waals surface area contributed by atoms with Crippen LogP contribution in [0.1, 0.15) is 26.3 Å². The molecule has 0 saturated carbocycles. The van der Waals surface area contributed by atoms with Gasteiger partial charge in [-0.1, -0.05) is 30.3 Å². The molecular weight excluding hydrogens is 398 g/mol. The Labute approximate surface area is 179 Å². The van der Waals surface area contributed by atoms with Gasteiger partial charge in [-0.15, -0.1) is 0 Å². The van der Waals surface area contributed by atoms with Gasteiger partial charge in [0.1, 0.15) is 11.3 Å². The number of nitro groups is 1. The first-order valence-electron chi connectivity index (χ1n) is 9.54. The molecule has 0 aliphatic carbocycles. The van der Waals surface area contributed by atoms with Crippen LogP contribution in [-0.4, -0.2) is 30.4 Å². The van der Waals surface area contributed by atoms with E-state index < -0.39 is 10.8 Å². The number of carbonyl (C=O) groups is 2. The molecule has 0 spiro atoms. The number of rotatable bonds is 8. The maximum absolute atomic E-state index is 12.6. The number of amides is 2. The Morgan fingerprint density at radius 2 is 1.68 bits per heavy atom. The van der Waals surface area contributed by atoms with Crippen molar-refractivity contribution in [1.29, 1.82) is 0 Å². The molecule has 31 heavy (non-hydrogen) atoms. The van der Waals surface area contributed by atoms with Gasteiger partial charge in [-0.3, -0.25) is 19.7 Å². The van der Waals surface area contributed by atoms with Crippen LogP contribution < -0.4 is 15.4 Å². The van der Waals surface area contributed by atoms with Crippen LogP contribution in [0.2, 0.25) is 0 Å². The Bertz CT molecular complexity index is 1080. The fourth-order valence-corrected chi connectivity index (χ4v) is 2.95. The summed E-state index contributed by atoms with van der Waals surface area (Å²) >= 11 is 0. The summed E-state index contributed by atoms with van der Waals surface area (Å²) in [7, 11) is 1.41. The summed E-state index contributed by atoms with van der Waals surface area (Å²) in [5.41, 5.74) is 1.54. The van der Waals surface area contributed by atoms with Gasteiger partial charge in [0.2, 0.25) is 0 Å². The molecular formula is C23H21N3O5. The lowest BCUT2D eigenvalue weighted by Gasteiger charge is -2.09. The molecule has 3 aromatic carbocycles. The zero-order chi connectivity index (χ0) is 22.2. The summed E-state index contributed by atoms with van der Waals surface area (Å²) in [5, 5.41) is 16.7. The van der Waals surface area contributed by atoms with Gasteiger partial charge in [0, 0.05) is 23.9 Å². The minimum absolute atomic E-state index is 0.118. The number of nitrogens with zero attached hydrogens (tertiary/aromatic N) is 1. The Morgan fingerprint density at radius 3 is 2.32 bits per heavy atom. The molecule has 3 aromatic rings. The lowest BCUT2D eigenvalue weighted by molar-refractivity contribution is -0.385. The topological polar surface area (TPSA) is 111 Å². The molecule has 0 saturated heterocycles. The highest BCUT2D eigenvalue weighted by molar-refractivity contribution is 6.07. The summed E-state index contributed by atoms with van der Waals surface area (Å²) in [6.45, 7) is 0.501. The Morgan fingerprint density at radius 1 is 0.968 bits per heavy atom. The Hall–Kier alpha value is -4.20. The number of hydrogen-bond acceptors (Lipinski definition) is 5. The quantitative estimate of drug-likeness (QED) is 0.426. The molecule has 8 heteroatoms. The third kappa shape index (κ3) is 5.66. The number of anilines is 1. The minimum Gasteiger partial charge on any atom is -0.497 e. The molecule has 0 bridgehead atoms. The fourth-order valence-electron chi connectivity index (χ4n) is 2.95. The van der Waals surface area contributed by atoms with Crippen molar-refractivity contribution in [3.63, 3.8) is 0 Å². The van der Waals surface area contributed by atoms with Crippen molar-refractivity contribution in [1.82, 2.24) is 5.32 Å². The smallest absolute Gasteiger partial charge is 0.282 e. The lowest BCUT2D eigenvalue weighted by atomic mass is 10.1. The molecule has 0 unspecified atom stereocenters. The standard InChI is InChI=1S/C23H21N3O5/c1-31-19-11-12-21(26(29)30)20(15-19)23(28)25-18-9-7-17(8-10-18)22(27)24-14-13-16-5-3-2-4-6-16/h2-12,15H,13-14H2,1H3,(H,24,27)(H,25,28). The van der Waals surface area contributed by atoms with E-state index in [9.17, 15) is 19.7 Å². The van der Waals surface area contributed by atoms with Crippen LogP contribution in [0.3, 0.4) is 0 Å². The van der Waals surface area contributed by atoms with Gasteiger partial charge in [0.25, 0.3) is 17.5 Å². The molecule has 8 nitrogen and oxygen atoms in total. The number of methoxy groups -OCH3 is 1. The molecule has 0 fully saturated rings. The predicted octanol–water partition coefficient (Wildman–Crippen LogP) is 3.83. The summed E-state index contributed by atoms with van der Waals surface area (Å²) in [5.74, 6) is -0.541. The van der Waals surface area contributed by atoms with Crippen LogP contribution in [0, 0.1) is 10.1 Å². The molecule has 0 atom stereocenters. The number of ether oxygens (including phenoxy) is 1. The normalized spacial score (nSPS) is 10.2. The summed E-state index contributed by atoms with van der Waals surface area (Å²) in [6, 6.07) is 20.1. The van der Waals surface area contributed by atoms with E-state index in [-0.39, 0.29) is 17.2 Å². The third-order valence-corrected chi connectivity index (χ3v) is 4.59. The number of nitro benzene ring substituents is 1. The van der Waals surface area contributed by atoms with Crippen LogP contribution in [0.4, 0.5) is 11.4 Å². The average Bonchev–Trinajstić information content (AvgIpc) is 2.79. The minimum atomic E-state index is -0.648. The van der Waals surface area contributed by atoms with Crippen molar-refractivity contribution < 1.29 is 19.2 Å². The van der Waals surface area contributed by atoms with E-state index in [1.165, 1.54) is 25.3 Å². The SMILES string of the molecule is COc1ccc([N+](=O)[O-])c(C(=O)Nc2ccc(C(=O)NCCc3ccccc3)cc2)c1. The van der Waals surface area contributed by atoms with Crippen molar-refractivity contribution in [3.8, 4) is 5.75 Å². The van der Waals surface area contributed by atoms with Crippen molar-refractivity contribution in [2.75, 3.05) is 19.0 Å². The number of carbonyl (C=O) groups excluding carboxylic acids is 2. The first kappa shape index (κ1) is 21.5. The Kier molecular flexibility index (Phi) is 6.95. The zero-order valence-corrected chi connectivity index (χ0v) is 16.8. The Balaban J connectivity index is 1.62. The first-order chi connectivity index (χ1) is 15.0. The van der Waals surface area contributed by atoms with Crippen LogP contribution in [0.15, 0.2) is 72.8 Å². The largest absolute Gasteiger partial charge is 0.497 e. The second kappa shape index (κ2) is 10.0. The summed E-state index contributed by atoms with van der Waals surface area (Å²) in [6.07, 6.45) is 0.722. The van der Waals surface area contributed by atoms with Gasteiger partial charge in [-0.05, 0) is 48.4 Å². The number of benzene rings is 3. The maximum atomic E-state index is 12.6. The van der Waals surface area contributed by atoms with Gasteiger partial charge in [0.15, 0.2) is 0 Å². The van der Waals surface area contributed by atoms with Crippen molar-refractivity contribution in [3.05, 3.63) is 99.6 Å². The van der Waals surface area contributed by atoms with E-state index >= 15 is 0 Å². The molecule has 0 aliphatic rings. The molecule has 0 heterocycles. The van der Waals surface area contributed by atoms with E-state index in [2.05, 4.69) is 10.6 Å². The molecule has 0 radical (unpaired) electrons. The van der Waals surface area contributed by atoms with Gasteiger partial charge < -0.3 is 15.4 Å². The molecule has 2 amide bonds. The van der Waals surface area contributed by atoms with E-state index in [0.29, 0.717) is 23.5 Å². The highest BCUT2D eigenvalue weighted by atomic mass is 16.6. The van der Waals surface area contributed by atoms with Gasteiger partial charge in [-0.2, -0.15) is 0 Å². The van der Waals surface area contributed by atoms with E-state index in [4.69, 9.17) is 4.74 Å². The highest BCUT2D eigenvalue weighted by Crippen LogP contribution is 2.25. The second-order valence-corrected chi connectivity index (χ2v) is 6.66. The predicted molar refractivity (Wildman–Crippen MR) is 117 cm³/mol. The van der Waals surface area contributed by atoms with Gasteiger partial charge in [0.05, 0.1) is 12.0 Å². The maximum Gasteiger partial charge on any atom is 0.282 e. The van der Waals surface area contributed by atoms with Crippen molar-refractivity contribution in [2.24, 2.45) is 0 Å². The van der Waals surface area contributed by atoms with Gasteiger partial charge in [-0.25, -0.2) is 0 Å². The molecule has 3 rings (SSSR count). The second-order valence-electron chi connectivity index (χ2n) is 6.66. The van der Waals surface area contributed by atoms with E-state index in [1.807, 2.05) is 30.3 Å². The molecule has 0 aromatic heterocycles. The van der Waals surface area contributed by atoms with Crippen LogP contribution >= 0.6 is 0 Å². The number of nitrogens with one attached hydrogen (secondary N) is 2. The average molecular weight is 419 g/mol. The summed E-state index contributed by atoms with van der Waals surface area (Å²) in [4.78, 5) is 35.4. The number of hydrogen-bond donors (Lipinski definition) is 2. The van der Waals surface area contributed by atoms with Gasteiger partial charge >= 0.3 is 0 Å². The van der Waals surface area contributed by atoms with E-state index in [0.717, 1.165) is 12.0 Å². The third-order valence-electron chi connectivity index (χ3n) is 4.59. The lowest BCUT2D eigenvalue weighted by Crippen LogP contribution is -2.25. The first-order valence-corrected chi connectivity index (χ1v) is 9.54. The monoisotopic (exact) mass is 419 g/mol. The zero-order valence-electron chi connectivity index (χ0n) is 16.8. The van der Waals surface area contributed by atoms with E-state index in [1.54, 1.807) is 24.3 Å². The molecule has 158 valence electrons. The highest BCUT2D eigenvalue weighted by Gasteiger charge is 2.21. The molecule has 0 aliphatic heterocycles. The molecule has 2 N–H and O–H groups in total. The van der Waals surface area contributed by atoms with Crippen molar-refractivity contribution >= 4 is 23.2 Å². The van der Waals surface area contributed by atoms with Crippen LogP contribution in [0.5, 0.6) is 5.75 Å². The van der Waals surface area contributed by atoms with Crippen LogP contribution in [-0.2, 0) is 6.42 Å².